The Labute approximate surface area is 139 Å². The molecule has 2 heterocycles. The van der Waals surface area contributed by atoms with Crippen LogP contribution in [0.4, 0.5) is 13.2 Å². The summed E-state index contributed by atoms with van der Waals surface area (Å²) in [4.78, 5) is 17.9. The summed E-state index contributed by atoms with van der Waals surface area (Å²) in [7, 11) is 1.40. The van der Waals surface area contributed by atoms with Crippen molar-refractivity contribution in [2.45, 2.75) is 33.0 Å². The third-order valence-electron chi connectivity index (χ3n) is 5.44. The lowest BCUT2D eigenvalue weighted by molar-refractivity contribution is -0.174. The summed E-state index contributed by atoms with van der Waals surface area (Å²) in [6.45, 7) is 6.08. The maximum absolute atomic E-state index is 12.6. The maximum atomic E-state index is 12.6. The summed E-state index contributed by atoms with van der Waals surface area (Å²) in [5, 5.41) is 0. The minimum atomic E-state index is -4.43. The molecular weight excluding hydrogens is 321 g/mol. The number of ether oxygens (including phenoxy) is 1. The van der Waals surface area contributed by atoms with Gasteiger partial charge in [0, 0.05) is 25.8 Å². The number of fused-ring (bicyclic) bond motifs is 1. The molecule has 2 fully saturated rings. The van der Waals surface area contributed by atoms with Gasteiger partial charge in [0.15, 0.2) is 0 Å². The quantitative estimate of drug-likeness (QED) is 0.792. The first-order valence-electron chi connectivity index (χ1n) is 7.91. The second-order valence-corrected chi connectivity index (χ2v) is 7.58. The van der Waals surface area contributed by atoms with Crippen molar-refractivity contribution in [1.82, 2.24) is 9.88 Å². The Hall–Kier alpha value is -1.63. The first kappa shape index (κ1) is 17.2. The molecule has 2 aliphatic rings. The van der Waals surface area contributed by atoms with Gasteiger partial charge in [-0.3, -0.25) is 14.7 Å². The molecule has 0 amide bonds. The lowest BCUT2D eigenvalue weighted by Gasteiger charge is -2.54. The Kier molecular flexibility index (Phi) is 3.90. The largest absolute Gasteiger partial charge is 0.469 e. The van der Waals surface area contributed by atoms with E-state index in [0.29, 0.717) is 18.7 Å². The van der Waals surface area contributed by atoms with Gasteiger partial charge in [-0.25, -0.2) is 0 Å². The highest BCUT2D eigenvalue weighted by Crippen LogP contribution is 2.63. The van der Waals surface area contributed by atoms with Crippen molar-refractivity contribution >= 4 is 5.97 Å². The Morgan fingerprint density at radius 1 is 1.42 bits per heavy atom. The first-order chi connectivity index (χ1) is 11.1. The Morgan fingerprint density at radius 3 is 2.62 bits per heavy atom. The molecule has 0 unspecified atom stereocenters. The molecule has 3 rings (SSSR count). The van der Waals surface area contributed by atoms with Crippen LogP contribution >= 0.6 is 0 Å². The van der Waals surface area contributed by atoms with E-state index in [-0.39, 0.29) is 17.3 Å². The van der Waals surface area contributed by atoms with Gasteiger partial charge in [0.05, 0.1) is 12.5 Å². The van der Waals surface area contributed by atoms with Gasteiger partial charge >= 0.3 is 12.1 Å². The van der Waals surface area contributed by atoms with Crippen molar-refractivity contribution < 1.29 is 22.7 Å². The number of likely N-dealkylation sites (tertiary alicyclic amines) is 1. The predicted octanol–water partition coefficient (Wildman–Crippen LogP) is 3.12. The van der Waals surface area contributed by atoms with Crippen molar-refractivity contribution in [2.75, 3.05) is 20.2 Å². The highest BCUT2D eigenvalue weighted by Gasteiger charge is 2.67. The van der Waals surface area contributed by atoms with Crippen molar-refractivity contribution in [2.24, 2.45) is 16.7 Å². The summed E-state index contributed by atoms with van der Waals surface area (Å²) < 4.78 is 42.7. The zero-order chi connectivity index (χ0) is 17.8. The average Bonchev–Trinajstić information content (AvgIpc) is 2.81. The van der Waals surface area contributed by atoms with Crippen LogP contribution in [0.5, 0.6) is 0 Å². The van der Waals surface area contributed by atoms with E-state index in [1.807, 2.05) is 0 Å². The van der Waals surface area contributed by atoms with Crippen molar-refractivity contribution in [3.63, 3.8) is 0 Å². The molecule has 24 heavy (non-hydrogen) atoms. The van der Waals surface area contributed by atoms with Gasteiger partial charge in [-0.05, 0) is 29.4 Å². The van der Waals surface area contributed by atoms with Crippen molar-refractivity contribution in [3.05, 3.63) is 29.6 Å². The van der Waals surface area contributed by atoms with Gasteiger partial charge in [0.2, 0.25) is 0 Å². The van der Waals surface area contributed by atoms with Crippen LogP contribution in [0.25, 0.3) is 0 Å². The molecule has 1 aliphatic heterocycles. The van der Waals surface area contributed by atoms with Crippen LogP contribution in [-0.4, -0.2) is 36.1 Å². The third-order valence-corrected chi connectivity index (χ3v) is 5.44. The Bertz CT molecular complexity index is 642. The molecule has 0 bridgehead atoms. The first-order valence-corrected chi connectivity index (χ1v) is 7.91. The number of carbonyl (C=O) groups is 1. The van der Waals surface area contributed by atoms with E-state index in [4.69, 9.17) is 4.74 Å². The molecule has 1 saturated carbocycles. The zero-order valence-electron chi connectivity index (χ0n) is 14.0. The molecule has 4 nitrogen and oxygen atoms in total. The summed E-state index contributed by atoms with van der Waals surface area (Å²) in [6, 6.07) is 2.45. The number of halogens is 3. The fourth-order valence-corrected chi connectivity index (χ4v) is 4.53. The number of alkyl halides is 3. The molecule has 0 radical (unpaired) electrons. The van der Waals surface area contributed by atoms with E-state index in [2.05, 4.69) is 23.7 Å². The second-order valence-electron chi connectivity index (χ2n) is 7.58. The van der Waals surface area contributed by atoms with Gasteiger partial charge in [0.25, 0.3) is 0 Å². The third kappa shape index (κ3) is 2.68. The summed E-state index contributed by atoms with van der Waals surface area (Å²) in [5.41, 5.74) is -0.583. The molecule has 0 spiro atoms. The number of methoxy groups -OCH3 is 1. The van der Waals surface area contributed by atoms with Gasteiger partial charge < -0.3 is 4.74 Å². The van der Waals surface area contributed by atoms with Crippen molar-refractivity contribution in [3.8, 4) is 0 Å². The summed E-state index contributed by atoms with van der Waals surface area (Å²) in [5.74, 6) is 0.0275. The maximum Gasteiger partial charge on any atom is 0.433 e. The van der Waals surface area contributed by atoms with Gasteiger partial charge in [0.1, 0.15) is 5.69 Å². The summed E-state index contributed by atoms with van der Waals surface area (Å²) >= 11 is 0. The average molecular weight is 342 g/mol. The molecule has 2 atom stereocenters. The SMILES string of the molecule is COC(=O)[C@@]12CN(Cc3ccc(C(F)(F)F)nc3)C[C@@H]1C(C)(C)C2. The Balaban J connectivity index is 1.72. The standard InChI is InChI=1S/C17H21F3N2O2/c1-15(2)9-16(14(23)24-3)10-22(8-12(15)16)7-11-4-5-13(21-6-11)17(18,19)20/h4-6,12H,7-10H2,1-3H3/t12-,16+/m1/s1. The highest BCUT2D eigenvalue weighted by molar-refractivity contribution is 5.79. The fourth-order valence-electron chi connectivity index (χ4n) is 4.53. The van der Waals surface area contributed by atoms with Gasteiger partial charge in [-0.2, -0.15) is 13.2 Å². The topological polar surface area (TPSA) is 42.4 Å². The van der Waals surface area contributed by atoms with E-state index >= 15 is 0 Å². The number of aromatic nitrogens is 1. The molecule has 1 aromatic heterocycles. The molecule has 1 saturated heterocycles. The number of hydrogen-bond donors (Lipinski definition) is 0. The van der Waals surface area contributed by atoms with Crippen LogP contribution in [0.2, 0.25) is 0 Å². The number of pyridine rings is 1. The van der Waals surface area contributed by atoms with Crippen molar-refractivity contribution in [1.29, 1.82) is 0 Å². The number of esters is 1. The van der Waals surface area contributed by atoms with Crippen LogP contribution in [0.3, 0.4) is 0 Å². The van der Waals surface area contributed by atoms with Crippen LogP contribution in [-0.2, 0) is 22.3 Å². The Morgan fingerprint density at radius 2 is 2.12 bits per heavy atom. The molecule has 1 aliphatic carbocycles. The van der Waals surface area contributed by atoms with Crippen LogP contribution in [0.1, 0.15) is 31.5 Å². The number of hydrogen-bond acceptors (Lipinski definition) is 4. The van der Waals surface area contributed by atoms with Crippen LogP contribution in [0.15, 0.2) is 18.3 Å². The lowest BCUT2D eigenvalue weighted by atomic mass is 9.48. The molecule has 0 N–H and O–H groups in total. The minimum Gasteiger partial charge on any atom is -0.469 e. The number of rotatable bonds is 3. The van der Waals surface area contributed by atoms with E-state index in [1.165, 1.54) is 19.4 Å². The van der Waals surface area contributed by atoms with E-state index in [9.17, 15) is 18.0 Å². The van der Waals surface area contributed by atoms with Crippen LogP contribution in [0, 0.1) is 16.7 Å². The number of nitrogens with zero attached hydrogens (tertiary/aromatic N) is 2. The van der Waals surface area contributed by atoms with Crippen LogP contribution < -0.4 is 0 Å². The minimum absolute atomic E-state index is 0.0708. The van der Waals surface area contributed by atoms with Gasteiger partial charge in [-0.15, -0.1) is 0 Å². The molecule has 7 heteroatoms. The monoisotopic (exact) mass is 342 g/mol. The van der Waals surface area contributed by atoms with E-state index < -0.39 is 17.3 Å². The lowest BCUT2D eigenvalue weighted by Crippen LogP contribution is -2.57. The fraction of sp³-hybridized carbons (Fsp3) is 0.647. The molecule has 0 aromatic carbocycles. The smallest absolute Gasteiger partial charge is 0.433 e. The second kappa shape index (κ2) is 5.44. The molecule has 1 aromatic rings. The molecule has 132 valence electrons. The summed E-state index contributed by atoms with van der Waals surface area (Å²) in [6.07, 6.45) is -2.39. The predicted molar refractivity (Wildman–Crippen MR) is 80.9 cm³/mol. The normalized spacial score (nSPS) is 29.0. The van der Waals surface area contributed by atoms with E-state index in [1.54, 1.807) is 0 Å². The van der Waals surface area contributed by atoms with E-state index in [0.717, 1.165) is 19.0 Å². The zero-order valence-corrected chi connectivity index (χ0v) is 14.0. The highest BCUT2D eigenvalue weighted by atomic mass is 19.4. The number of carbonyl (C=O) groups excluding carboxylic acids is 1. The van der Waals surface area contributed by atoms with Gasteiger partial charge in [-0.1, -0.05) is 19.9 Å². The molecular formula is C17H21F3N2O2.